The Hall–Kier alpha value is -2.06. The second-order valence-corrected chi connectivity index (χ2v) is 5.20. The summed E-state index contributed by atoms with van der Waals surface area (Å²) in [6, 6.07) is 18.9. The lowest BCUT2D eigenvalue weighted by atomic mass is 10.0. The van der Waals surface area contributed by atoms with Gasteiger partial charge in [-0.1, -0.05) is 43.3 Å². The summed E-state index contributed by atoms with van der Waals surface area (Å²) in [5.41, 5.74) is 9.56. The predicted octanol–water partition coefficient (Wildman–Crippen LogP) is 4.43. The van der Waals surface area contributed by atoms with Gasteiger partial charge in [0.05, 0.1) is 6.04 Å². The first-order valence-electron chi connectivity index (χ1n) is 7.08. The third kappa shape index (κ3) is 2.61. The molecule has 0 spiro atoms. The average molecular weight is 265 g/mol. The molecule has 0 radical (unpaired) electrons. The van der Waals surface area contributed by atoms with Crippen LogP contribution in [0.5, 0.6) is 0 Å². The summed E-state index contributed by atoms with van der Waals surface area (Å²) >= 11 is 0. The summed E-state index contributed by atoms with van der Waals surface area (Å²) < 4.78 is 5.80. The van der Waals surface area contributed by atoms with Gasteiger partial charge in [0, 0.05) is 5.39 Å². The van der Waals surface area contributed by atoms with E-state index >= 15 is 0 Å². The number of fused-ring (bicyclic) bond motifs is 1. The Morgan fingerprint density at radius 1 is 1.00 bits per heavy atom. The molecule has 0 aliphatic heterocycles. The Labute approximate surface area is 119 Å². The van der Waals surface area contributed by atoms with E-state index in [0.717, 1.165) is 29.6 Å². The molecule has 0 fully saturated rings. The molecule has 3 rings (SSSR count). The molecule has 2 heteroatoms. The van der Waals surface area contributed by atoms with Gasteiger partial charge in [-0.15, -0.1) is 0 Å². The molecule has 1 unspecified atom stereocenters. The molecule has 2 aromatic carbocycles. The van der Waals surface area contributed by atoms with E-state index in [-0.39, 0.29) is 6.04 Å². The molecule has 0 saturated carbocycles. The quantitative estimate of drug-likeness (QED) is 0.757. The molecule has 1 aromatic heterocycles. The van der Waals surface area contributed by atoms with Crippen molar-refractivity contribution < 1.29 is 4.42 Å². The highest BCUT2D eigenvalue weighted by Crippen LogP contribution is 2.26. The minimum Gasteiger partial charge on any atom is -0.459 e. The highest BCUT2D eigenvalue weighted by atomic mass is 16.3. The summed E-state index contributed by atoms with van der Waals surface area (Å²) in [6.07, 6.45) is 1.83. The van der Waals surface area contributed by atoms with Crippen LogP contribution in [0.15, 0.2) is 59.0 Å². The molecule has 3 aromatic rings. The van der Waals surface area contributed by atoms with Crippen LogP contribution in [0.4, 0.5) is 0 Å². The van der Waals surface area contributed by atoms with Crippen molar-refractivity contribution in [3.63, 3.8) is 0 Å². The molecule has 2 N–H and O–H groups in total. The predicted molar refractivity (Wildman–Crippen MR) is 82.7 cm³/mol. The molecular formula is C18H19NO. The van der Waals surface area contributed by atoms with Crippen LogP contribution in [-0.2, 0) is 6.42 Å². The molecule has 2 nitrogen and oxygen atoms in total. The molecule has 1 heterocycles. The van der Waals surface area contributed by atoms with E-state index < -0.39 is 0 Å². The van der Waals surface area contributed by atoms with Gasteiger partial charge in [-0.3, -0.25) is 0 Å². The van der Waals surface area contributed by atoms with Gasteiger partial charge in [0.1, 0.15) is 11.3 Å². The van der Waals surface area contributed by atoms with Crippen molar-refractivity contribution in [3.05, 3.63) is 71.5 Å². The van der Waals surface area contributed by atoms with Gasteiger partial charge in [0.15, 0.2) is 0 Å². The Morgan fingerprint density at radius 3 is 2.55 bits per heavy atom. The molecule has 0 bridgehead atoms. The highest BCUT2D eigenvalue weighted by molar-refractivity contribution is 5.79. The maximum atomic E-state index is 6.03. The van der Waals surface area contributed by atoms with E-state index in [9.17, 15) is 0 Å². The van der Waals surface area contributed by atoms with Gasteiger partial charge < -0.3 is 10.2 Å². The van der Waals surface area contributed by atoms with Crippen molar-refractivity contribution in [2.24, 2.45) is 5.73 Å². The van der Waals surface area contributed by atoms with Crippen LogP contribution in [0.25, 0.3) is 11.0 Å². The van der Waals surface area contributed by atoms with E-state index in [0.29, 0.717) is 0 Å². The van der Waals surface area contributed by atoms with Crippen molar-refractivity contribution in [2.75, 3.05) is 0 Å². The summed E-state index contributed by atoms with van der Waals surface area (Å²) in [5, 5.41) is 1.14. The van der Waals surface area contributed by atoms with E-state index in [1.165, 1.54) is 11.1 Å². The van der Waals surface area contributed by atoms with Gasteiger partial charge in [0.2, 0.25) is 0 Å². The monoisotopic (exact) mass is 265 g/mol. The zero-order valence-corrected chi connectivity index (χ0v) is 11.7. The van der Waals surface area contributed by atoms with Crippen LogP contribution in [0.1, 0.15) is 36.3 Å². The molecule has 0 aliphatic carbocycles. The number of benzene rings is 2. The summed E-state index contributed by atoms with van der Waals surface area (Å²) in [4.78, 5) is 0. The highest BCUT2D eigenvalue weighted by Gasteiger charge is 2.10. The van der Waals surface area contributed by atoms with Crippen LogP contribution >= 0.6 is 0 Å². The van der Waals surface area contributed by atoms with Gasteiger partial charge >= 0.3 is 0 Å². The number of hydrogen-bond donors (Lipinski definition) is 1. The summed E-state index contributed by atoms with van der Waals surface area (Å²) in [5.74, 6) is 0.874. The van der Waals surface area contributed by atoms with Gasteiger partial charge in [-0.25, -0.2) is 0 Å². The van der Waals surface area contributed by atoms with Crippen LogP contribution in [0, 0.1) is 0 Å². The van der Waals surface area contributed by atoms with Crippen molar-refractivity contribution >= 4 is 11.0 Å². The minimum atomic E-state index is -0.0139. The third-order valence-corrected chi connectivity index (χ3v) is 3.66. The summed E-state index contributed by atoms with van der Waals surface area (Å²) in [6.45, 7) is 2.07. The standard InChI is InChI=1S/C18H19NO/c1-2-16(19)18-12-15-11-14(8-9-17(15)20-18)10-13-6-4-3-5-7-13/h3-9,11-12,16H,2,10,19H2,1H3. The van der Waals surface area contributed by atoms with E-state index in [4.69, 9.17) is 10.2 Å². The smallest absolute Gasteiger partial charge is 0.134 e. The first-order valence-corrected chi connectivity index (χ1v) is 7.08. The molecule has 102 valence electrons. The largest absolute Gasteiger partial charge is 0.459 e. The number of hydrogen-bond acceptors (Lipinski definition) is 2. The topological polar surface area (TPSA) is 39.2 Å². The number of nitrogens with two attached hydrogens (primary N) is 1. The van der Waals surface area contributed by atoms with Crippen molar-refractivity contribution in [1.29, 1.82) is 0 Å². The van der Waals surface area contributed by atoms with E-state index in [2.05, 4.69) is 49.4 Å². The van der Waals surface area contributed by atoms with Crippen molar-refractivity contribution in [3.8, 4) is 0 Å². The van der Waals surface area contributed by atoms with Gasteiger partial charge in [-0.05, 0) is 42.2 Å². The molecule has 0 saturated heterocycles. The maximum Gasteiger partial charge on any atom is 0.134 e. The maximum absolute atomic E-state index is 6.03. The van der Waals surface area contributed by atoms with Gasteiger partial charge in [0.25, 0.3) is 0 Å². The molecule has 0 aliphatic rings. The second-order valence-electron chi connectivity index (χ2n) is 5.20. The Kier molecular flexibility index (Phi) is 3.57. The zero-order valence-electron chi connectivity index (χ0n) is 11.7. The lowest BCUT2D eigenvalue weighted by molar-refractivity contribution is 0.488. The molecular weight excluding hydrogens is 246 g/mol. The van der Waals surface area contributed by atoms with Crippen molar-refractivity contribution in [1.82, 2.24) is 0 Å². The second kappa shape index (κ2) is 5.51. The number of furan rings is 1. The van der Waals surface area contributed by atoms with Crippen molar-refractivity contribution in [2.45, 2.75) is 25.8 Å². The fourth-order valence-electron chi connectivity index (χ4n) is 2.44. The molecule has 20 heavy (non-hydrogen) atoms. The van der Waals surface area contributed by atoms with Crippen LogP contribution in [0.3, 0.4) is 0 Å². The van der Waals surface area contributed by atoms with Crippen LogP contribution < -0.4 is 5.73 Å². The van der Waals surface area contributed by atoms with E-state index in [1.807, 2.05) is 12.1 Å². The number of rotatable bonds is 4. The fraction of sp³-hybridized carbons (Fsp3) is 0.222. The zero-order chi connectivity index (χ0) is 13.9. The molecule has 0 amide bonds. The van der Waals surface area contributed by atoms with Crippen LogP contribution in [0.2, 0.25) is 0 Å². The third-order valence-electron chi connectivity index (χ3n) is 3.66. The fourth-order valence-corrected chi connectivity index (χ4v) is 2.44. The van der Waals surface area contributed by atoms with Crippen LogP contribution in [-0.4, -0.2) is 0 Å². The summed E-state index contributed by atoms with van der Waals surface area (Å²) in [7, 11) is 0. The Bertz CT molecular complexity index is 700. The van der Waals surface area contributed by atoms with E-state index in [1.54, 1.807) is 0 Å². The SMILES string of the molecule is CCC(N)c1cc2cc(Cc3ccccc3)ccc2o1. The van der Waals surface area contributed by atoms with Gasteiger partial charge in [-0.2, -0.15) is 0 Å². The molecule has 1 atom stereocenters. The average Bonchev–Trinajstić information content (AvgIpc) is 2.90. The minimum absolute atomic E-state index is 0.0139. The Balaban J connectivity index is 1.90. The first-order chi connectivity index (χ1) is 9.76. The lowest BCUT2D eigenvalue weighted by Gasteiger charge is -2.02. The lowest BCUT2D eigenvalue weighted by Crippen LogP contribution is -2.06. The normalized spacial score (nSPS) is 12.7. The first kappa shape index (κ1) is 12.9. The Morgan fingerprint density at radius 2 is 1.80 bits per heavy atom.